The Morgan fingerprint density at radius 1 is 1.10 bits per heavy atom. The molecule has 0 spiro atoms. The van der Waals surface area contributed by atoms with Gasteiger partial charge < -0.3 is 9.80 Å². The van der Waals surface area contributed by atoms with Gasteiger partial charge in [-0.25, -0.2) is 4.68 Å². The number of nitrogens with zero attached hydrogens (tertiary/aromatic N) is 5. The van der Waals surface area contributed by atoms with Gasteiger partial charge >= 0.3 is 0 Å². The number of carbonyl (C=O) groups is 1. The van der Waals surface area contributed by atoms with Gasteiger partial charge in [0.2, 0.25) is 5.91 Å². The highest BCUT2D eigenvalue weighted by Crippen LogP contribution is 2.24. The fraction of sp³-hybridized carbons (Fsp3) is 0.286. The van der Waals surface area contributed by atoms with Crippen molar-refractivity contribution >= 4 is 50.3 Å². The van der Waals surface area contributed by atoms with E-state index in [1.54, 1.807) is 16.2 Å². The molecule has 1 aliphatic heterocycles. The number of hydrogen-bond donors (Lipinski definition) is 0. The minimum absolute atomic E-state index is 0.0457. The first-order valence-corrected chi connectivity index (χ1v) is 11.0. The van der Waals surface area contributed by atoms with Crippen LogP contribution in [0.1, 0.15) is 5.82 Å². The topological polar surface area (TPSA) is 62.9 Å². The number of piperazine rings is 1. The molecule has 4 heterocycles. The first kappa shape index (κ1) is 19.1. The number of amides is 1. The summed E-state index contributed by atoms with van der Waals surface area (Å²) in [5.41, 5.74) is 2.40. The van der Waals surface area contributed by atoms with Crippen LogP contribution < -0.4 is 10.5 Å². The smallest absolute Gasteiger partial charge is 0.291 e. The maximum Gasteiger partial charge on any atom is 0.291 e. The number of carbonyl (C=O) groups excluding carboxylic acids is 1. The number of aromatic nitrogens is 3. The summed E-state index contributed by atoms with van der Waals surface area (Å²) in [6.07, 6.45) is 0. The van der Waals surface area contributed by atoms with E-state index >= 15 is 0 Å². The molecule has 0 bridgehead atoms. The van der Waals surface area contributed by atoms with Gasteiger partial charge in [-0.3, -0.25) is 14.0 Å². The highest BCUT2D eigenvalue weighted by Gasteiger charge is 2.23. The maximum absolute atomic E-state index is 12.9. The van der Waals surface area contributed by atoms with E-state index in [4.69, 9.17) is 11.6 Å². The Bertz CT molecular complexity index is 1300. The van der Waals surface area contributed by atoms with Crippen molar-refractivity contribution in [3.63, 3.8) is 0 Å². The Morgan fingerprint density at radius 3 is 2.57 bits per heavy atom. The minimum Gasteiger partial charge on any atom is -0.368 e. The lowest BCUT2D eigenvalue weighted by Gasteiger charge is -2.36. The van der Waals surface area contributed by atoms with Crippen molar-refractivity contribution in [1.82, 2.24) is 19.1 Å². The van der Waals surface area contributed by atoms with Gasteiger partial charge in [0, 0.05) is 36.9 Å². The molecule has 0 radical (unpaired) electrons. The molecule has 154 valence electrons. The summed E-state index contributed by atoms with van der Waals surface area (Å²) in [6.45, 7) is 4.51. The third kappa shape index (κ3) is 3.26. The van der Waals surface area contributed by atoms with Crippen molar-refractivity contribution in [3.8, 4) is 0 Å². The molecule has 4 aromatic rings. The predicted octanol–water partition coefficient (Wildman–Crippen LogP) is 3.02. The van der Waals surface area contributed by atoms with Gasteiger partial charge in [-0.15, -0.1) is 11.3 Å². The molecule has 1 aliphatic rings. The largest absolute Gasteiger partial charge is 0.368 e. The van der Waals surface area contributed by atoms with E-state index in [1.807, 2.05) is 53.1 Å². The Balaban J connectivity index is 1.32. The fourth-order valence-corrected chi connectivity index (χ4v) is 4.96. The number of hydrogen-bond acceptors (Lipinski definition) is 5. The van der Waals surface area contributed by atoms with Gasteiger partial charge in [-0.1, -0.05) is 11.6 Å². The number of aryl methyl sites for hydroxylation is 1. The molecule has 1 aromatic carbocycles. The van der Waals surface area contributed by atoms with Crippen LogP contribution in [0.15, 0.2) is 46.6 Å². The van der Waals surface area contributed by atoms with E-state index in [9.17, 15) is 9.59 Å². The van der Waals surface area contributed by atoms with E-state index in [2.05, 4.69) is 10.00 Å². The van der Waals surface area contributed by atoms with Crippen molar-refractivity contribution in [3.05, 3.63) is 63.0 Å². The molecule has 0 unspecified atom stereocenters. The fourth-order valence-electron chi connectivity index (χ4n) is 4.03. The second kappa shape index (κ2) is 7.45. The van der Waals surface area contributed by atoms with Crippen LogP contribution in [0.2, 0.25) is 5.02 Å². The molecule has 1 fully saturated rings. The lowest BCUT2D eigenvalue weighted by Crippen LogP contribution is -2.50. The van der Waals surface area contributed by atoms with Gasteiger partial charge in [0.15, 0.2) is 0 Å². The summed E-state index contributed by atoms with van der Waals surface area (Å²) < 4.78 is 4.20. The normalized spacial score (nSPS) is 14.7. The summed E-state index contributed by atoms with van der Waals surface area (Å²) in [5.74, 6) is 0.607. The zero-order valence-corrected chi connectivity index (χ0v) is 18.0. The number of halogens is 1. The summed E-state index contributed by atoms with van der Waals surface area (Å²) in [6, 6.07) is 11.6. The van der Waals surface area contributed by atoms with E-state index < -0.39 is 0 Å². The average molecular weight is 442 g/mol. The van der Waals surface area contributed by atoms with Crippen molar-refractivity contribution in [1.29, 1.82) is 0 Å². The first-order valence-electron chi connectivity index (χ1n) is 9.76. The molecule has 0 saturated carbocycles. The van der Waals surface area contributed by atoms with Crippen LogP contribution in [0.25, 0.3) is 15.7 Å². The number of fused-ring (bicyclic) bond motifs is 3. The molecule has 9 heteroatoms. The maximum atomic E-state index is 12.9. The first-order chi connectivity index (χ1) is 14.5. The Kier molecular flexibility index (Phi) is 4.75. The van der Waals surface area contributed by atoms with Gasteiger partial charge in [0.05, 0.1) is 10.2 Å². The molecule has 0 N–H and O–H groups in total. The average Bonchev–Trinajstić information content (AvgIpc) is 3.34. The molecular formula is C21H20ClN5O2S. The van der Waals surface area contributed by atoms with Gasteiger partial charge in [0.1, 0.15) is 17.9 Å². The third-order valence-electron chi connectivity index (χ3n) is 5.57. The van der Waals surface area contributed by atoms with Crippen LogP contribution in [-0.2, 0) is 11.3 Å². The van der Waals surface area contributed by atoms with Crippen LogP contribution in [0.3, 0.4) is 0 Å². The van der Waals surface area contributed by atoms with Gasteiger partial charge in [-0.05, 0) is 48.7 Å². The van der Waals surface area contributed by atoms with Crippen molar-refractivity contribution < 1.29 is 4.79 Å². The van der Waals surface area contributed by atoms with Crippen molar-refractivity contribution in [2.45, 2.75) is 13.5 Å². The molecule has 7 nitrogen and oxygen atoms in total. The molecular weight excluding hydrogens is 422 g/mol. The highest BCUT2D eigenvalue weighted by atomic mass is 35.5. The van der Waals surface area contributed by atoms with E-state index in [0.29, 0.717) is 29.5 Å². The molecule has 0 aliphatic carbocycles. The zero-order valence-electron chi connectivity index (χ0n) is 16.4. The molecule has 5 rings (SSSR count). The molecule has 1 saturated heterocycles. The molecule has 1 amide bonds. The molecule has 3 aromatic heterocycles. The second-order valence-corrected chi connectivity index (χ2v) is 8.77. The Morgan fingerprint density at radius 2 is 1.83 bits per heavy atom. The predicted molar refractivity (Wildman–Crippen MR) is 120 cm³/mol. The minimum atomic E-state index is -0.239. The monoisotopic (exact) mass is 441 g/mol. The van der Waals surface area contributed by atoms with Crippen LogP contribution in [0, 0.1) is 6.92 Å². The van der Waals surface area contributed by atoms with Crippen LogP contribution >= 0.6 is 22.9 Å². The van der Waals surface area contributed by atoms with Crippen LogP contribution in [0.4, 0.5) is 5.69 Å². The van der Waals surface area contributed by atoms with Crippen molar-refractivity contribution in [2.75, 3.05) is 31.1 Å². The lowest BCUT2D eigenvalue weighted by molar-refractivity contribution is -0.132. The van der Waals surface area contributed by atoms with Gasteiger partial charge in [0.25, 0.3) is 5.56 Å². The molecule has 30 heavy (non-hydrogen) atoms. The highest BCUT2D eigenvalue weighted by molar-refractivity contribution is 7.17. The lowest BCUT2D eigenvalue weighted by atomic mass is 10.2. The van der Waals surface area contributed by atoms with E-state index in [1.165, 1.54) is 4.68 Å². The van der Waals surface area contributed by atoms with Gasteiger partial charge in [-0.2, -0.15) is 5.10 Å². The standard InChI is InChI=1S/C21H20ClN5O2S/c1-14-23-26(21(29)18-12-19-17(27(14)18)6-11-30-19)13-20(28)25-9-7-24(8-10-25)16-4-2-15(22)3-5-16/h2-6,11-12H,7-10,13H2,1H3. The third-order valence-corrected chi connectivity index (χ3v) is 6.68. The van der Waals surface area contributed by atoms with Crippen LogP contribution in [0.5, 0.6) is 0 Å². The number of rotatable bonds is 3. The summed E-state index contributed by atoms with van der Waals surface area (Å²) >= 11 is 7.55. The van der Waals surface area contributed by atoms with Crippen LogP contribution in [-0.4, -0.2) is 51.2 Å². The number of thiophene rings is 1. The summed E-state index contributed by atoms with van der Waals surface area (Å²) in [7, 11) is 0. The van der Waals surface area contributed by atoms with Crippen molar-refractivity contribution in [2.24, 2.45) is 0 Å². The quantitative estimate of drug-likeness (QED) is 0.490. The van der Waals surface area contributed by atoms with E-state index in [-0.39, 0.29) is 18.0 Å². The molecule has 0 atom stereocenters. The van der Waals surface area contributed by atoms with E-state index in [0.717, 1.165) is 29.0 Å². The zero-order chi connectivity index (χ0) is 20.8. The second-order valence-electron chi connectivity index (χ2n) is 7.39. The Hall–Kier alpha value is -2.84. The summed E-state index contributed by atoms with van der Waals surface area (Å²) in [4.78, 5) is 29.8. The summed E-state index contributed by atoms with van der Waals surface area (Å²) in [5, 5.41) is 7.11. The Labute approximate surface area is 181 Å². The SMILES string of the molecule is Cc1nn(CC(=O)N2CCN(c3ccc(Cl)cc3)CC2)c(=O)c2cc3sccc3n12. The number of anilines is 1. The number of benzene rings is 1.